The maximum Gasteiger partial charge on any atom is 0.129 e. The van der Waals surface area contributed by atoms with Crippen LogP contribution in [-0.2, 0) is 18.6 Å². The number of likely N-dealkylation sites (N-methyl/N-ethyl adjacent to an activating group) is 1. The molecule has 2 aliphatic heterocycles. The molecule has 0 radical (unpaired) electrons. The summed E-state index contributed by atoms with van der Waals surface area (Å²) in [5.74, 6) is 1.30. The number of nitrogens with zero attached hydrogens (tertiary/aromatic N) is 4. The van der Waals surface area contributed by atoms with Gasteiger partial charge in [0.25, 0.3) is 0 Å². The van der Waals surface area contributed by atoms with Crippen LogP contribution in [0.15, 0.2) is 23.7 Å². The van der Waals surface area contributed by atoms with E-state index in [1.807, 2.05) is 17.5 Å². The molecule has 4 nitrogen and oxygen atoms in total. The molecule has 2 aromatic heterocycles. The van der Waals surface area contributed by atoms with Gasteiger partial charge in [-0.25, -0.2) is 4.98 Å². The number of piperidine rings is 1. The molecule has 0 bridgehead atoms. The van der Waals surface area contributed by atoms with Crippen LogP contribution in [0.2, 0.25) is 0 Å². The van der Waals surface area contributed by atoms with Gasteiger partial charge in [0.05, 0.1) is 5.54 Å². The van der Waals surface area contributed by atoms with Gasteiger partial charge in [0.1, 0.15) is 5.82 Å². The Bertz CT molecular complexity index is 638. The van der Waals surface area contributed by atoms with E-state index in [-0.39, 0.29) is 5.54 Å². The predicted octanol–water partition coefficient (Wildman–Crippen LogP) is 2.69. The van der Waals surface area contributed by atoms with E-state index in [1.54, 1.807) is 0 Å². The molecular formula is C17H24N4S. The third-order valence-corrected chi connectivity index (χ3v) is 6.36. The fourth-order valence-electron chi connectivity index (χ4n) is 4.06. The van der Waals surface area contributed by atoms with E-state index in [2.05, 4.69) is 45.9 Å². The minimum Gasteiger partial charge on any atom is -0.329 e. The van der Waals surface area contributed by atoms with Gasteiger partial charge in [0, 0.05) is 49.5 Å². The Labute approximate surface area is 136 Å². The van der Waals surface area contributed by atoms with E-state index >= 15 is 0 Å². The Balaban J connectivity index is 1.54. The van der Waals surface area contributed by atoms with Crippen LogP contribution >= 0.6 is 11.3 Å². The molecule has 0 aliphatic carbocycles. The molecule has 118 valence electrons. The van der Waals surface area contributed by atoms with Crippen LogP contribution in [0.25, 0.3) is 0 Å². The van der Waals surface area contributed by atoms with Crippen LogP contribution in [0.5, 0.6) is 0 Å². The summed E-state index contributed by atoms with van der Waals surface area (Å²) in [6.45, 7) is 7.82. The average Bonchev–Trinajstić information content (AvgIpc) is 3.16. The fraction of sp³-hybridized carbons (Fsp3) is 0.588. The highest BCUT2D eigenvalue weighted by atomic mass is 32.1. The molecule has 1 spiro atoms. The Kier molecular flexibility index (Phi) is 3.59. The number of hydrogen-bond acceptors (Lipinski definition) is 4. The van der Waals surface area contributed by atoms with Crippen molar-refractivity contribution >= 4 is 11.3 Å². The molecule has 0 saturated carbocycles. The third kappa shape index (κ3) is 2.23. The van der Waals surface area contributed by atoms with Crippen molar-refractivity contribution in [3.05, 3.63) is 40.1 Å². The number of likely N-dealkylation sites (tertiary alicyclic amines) is 1. The van der Waals surface area contributed by atoms with Gasteiger partial charge in [-0.15, -0.1) is 11.3 Å². The molecule has 4 rings (SSSR count). The molecule has 0 unspecified atom stereocenters. The van der Waals surface area contributed by atoms with Crippen LogP contribution in [0.3, 0.4) is 0 Å². The Hall–Kier alpha value is -1.17. The van der Waals surface area contributed by atoms with Crippen molar-refractivity contribution in [2.45, 2.75) is 38.4 Å². The summed E-state index contributed by atoms with van der Waals surface area (Å²) in [4.78, 5) is 11.4. The Morgan fingerprint density at radius 2 is 2.05 bits per heavy atom. The number of rotatable bonds is 2. The van der Waals surface area contributed by atoms with Gasteiger partial charge in [0.2, 0.25) is 0 Å². The average molecular weight is 316 g/mol. The second kappa shape index (κ2) is 5.48. The first-order valence-electron chi connectivity index (χ1n) is 8.18. The molecule has 0 atom stereocenters. The zero-order valence-corrected chi connectivity index (χ0v) is 14.3. The maximum atomic E-state index is 4.79. The van der Waals surface area contributed by atoms with Crippen LogP contribution in [-0.4, -0.2) is 46.0 Å². The summed E-state index contributed by atoms with van der Waals surface area (Å²) >= 11 is 1.87. The number of hydrogen-bond donors (Lipinski definition) is 0. The minimum absolute atomic E-state index is 0.151. The summed E-state index contributed by atoms with van der Waals surface area (Å²) in [6, 6.07) is 4.40. The van der Waals surface area contributed by atoms with E-state index < -0.39 is 0 Å². The highest BCUT2D eigenvalue weighted by molar-refractivity contribution is 7.09. The van der Waals surface area contributed by atoms with E-state index in [0.717, 1.165) is 32.7 Å². The lowest BCUT2D eigenvalue weighted by Gasteiger charge is -2.49. The molecule has 22 heavy (non-hydrogen) atoms. The van der Waals surface area contributed by atoms with Gasteiger partial charge in [0.15, 0.2) is 0 Å². The number of thiophene rings is 1. The van der Waals surface area contributed by atoms with Crippen molar-refractivity contribution in [1.29, 1.82) is 0 Å². The van der Waals surface area contributed by atoms with Crippen molar-refractivity contribution in [2.24, 2.45) is 0 Å². The molecule has 5 heteroatoms. The van der Waals surface area contributed by atoms with Gasteiger partial charge in [-0.1, -0.05) is 6.07 Å². The first-order valence-corrected chi connectivity index (χ1v) is 9.06. The van der Waals surface area contributed by atoms with Crippen molar-refractivity contribution in [3.63, 3.8) is 0 Å². The molecule has 1 fully saturated rings. The number of fused-ring (bicyclic) bond motifs is 2. The predicted molar refractivity (Wildman–Crippen MR) is 90.1 cm³/mol. The molecule has 1 saturated heterocycles. The summed E-state index contributed by atoms with van der Waals surface area (Å²) in [5, 5.41) is 2.18. The minimum atomic E-state index is 0.151. The molecule has 4 heterocycles. The van der Waals surface area contributed by atoms with Gasteiger partial charge in [-0.3, -0.25) is 9.80 Å². The van der Waals surface area contributed by atoms with Crippen molar-refractivity contribution in [1.82, 2.24) is 19.4 Å². The first kappa shape index (κ1) is 14.4. The zero-order valence-electron chi connectivity index (χ0n) is 13.5. The lowest BCUT2D eigenvalue weighted by molar-refractivity contribution is 0.00661. The second-order valence-corrected chi connectivity index (χ2v) is 7.72. The monoisotopic (exact) mass is 316 g/mol. The molecular weight excluding hydrogens is 292 g/mol. The number of imidazole rings is 1. The topological polar surface area (TPSA) is 24.3 Å². The van der Waals surface area contributed by atoms with Crippen LogP contribution in [0.1, 0.15) is 29.2 Å². The number of aryl methyl sites for hydroxylation is 1. The Morgan fingerprint density at radius 1 is 1.23 bits per heavy atom. The van der Waals surface area contributed by atoms with E-state index in [4.69, 9.17) is 4.98 Å². The van der Waals surface area contributed by atoms with E-state index in [0.29, 0.717) is 0 Å². The smallest absolute Gasteiger partial charge is 0.129 e. The van der Waals surface area contributed by atoms with Crippen LogP contribution < -0.4 is 0 Å². The molecule has 2 aromatic rings. The standard InChI is InChI=1S/C17H24N4S/c1-14-12-18-16-17(19(2)9-10-21(14)16)5-7-20(8-6-17)13-15-4-3-11-22-15/h3-4,11-12H,5-10,13H2,1-2H3. The second-order valence-electron chi connectivity index (χ2n) is 6.68. The van der Waals surface area contributed by atoms with Gasteiger partial charge < -0.3 is 4.57 Å². The fourth-order valence-corrected chi connectivity index (χ4v) is 4.80. The first-order chi connectivity index (χ1) is 10.7. The molecule has 0 aromatic carbocycles. The zero-order chi connectivity index (χ0) is 15.2. The number of aromatic nitrogens is 2. The van der Waals surface area contributed by atoms with E-state index in [1.165, 1.54) is 29.2 Å². The van der Waals surface area contributed by atoms with Crippen molar-refractivity contribution in [3.8, 4) is 0 Å². The van der Waals surface area contributed by atoms with E-state index in [9.17, 15) is 0 Å². The highest BCUT2D eigenvalue weighted by Crippen LogP contribution is 2.40. The van der Waals surface area contributed by atoms with Crippen molar-refractivity contribution in [2.75, 3.05) is 26.7 Å². The lowest BCUT2D eigenvalue weighted by atomic mass is 9.83. The quantitative estimate of drug-likeness (QED) is 0.851. The molecule has 0 N–H and O–H groups in total. The largest absolute Gasteiger partial charge is 0.329 e. The van der Waals surface area contributed by atoms with Gasteiger partial charge in [-0.05, 0) is 38.3 Å². The SMILES string of the molecule is Cc1cnc2n1CCN(C)C21CCN(Cc2cccs2)CC1. The van der Waals surface area contributed by atoms with Crippen molar-refractivity contribution < 1.29 is 0 Å². The third-order valence-electron chi connectivity index (χ3n) is 5.50. The molecule has 0 amide bonds. The van der Waals surface area contributed by atoms with Gasteiger partial charge in [-0.2, -0.15) is 0 Å². The maximum absolute atomic E-state index is 4.79. The summed E-state index contributed by atoms with van der Waals surface area (Å²) in [5.41, 5.74) is 1.46. The van der Waals surface area contributed by atoms with Crippen LogP contribution in [0.4, 0.5) is 0 Å². The Morgan fingerprint density at radius 3 is 2.77 bits per heavy atom. The van der Waals surface area contributed by atoms with Gasteiger partial charge >= 0.3 is 0 Å². The normalized spacial score (nSPS) is 22.1. The summed E-state index contributed by atoms with van der Waals surface area (Å²) in [6.07, 6.45) is 4.42. The summed E-state index contributed by atoms with van der Waals surface area (Å²) < 4.78 is 2.44. The summed E-state index contributed by atoms with van der Waals surface area (Å²) in [7, 11) is 2.28. The van der Waals surface area contributed by atoms with Crippen LogP contribution in [0, 0.1) is 6.92 Å². The molecule has 2 aliphatic rings. The highest BCUT2D eigenvalue weighted by Gasteiger charge is 2.45. The lowest BCUT2D eigenvalue weighted by Crippen LogP contribution is -2.56.